The molecule has 3 aliphatic rings. The average molecular weight is 362 g/mol. The highest BCUT2D eigenvalue weighted by Crippen LogP contribution is 2.44. The fourth-order valence-corrected chi connectivity index (χ4v) is 4.49. The van der Waals surface area contributed by atoms with Gasteiger partial charge in [-0.25, -0.2) is 4.68 Å². The molecule has 3 heterocycles. The van der Waals surface area contributed by atoms with Gasteiger partial charge in [-0.1, -0.05) is 0 Å². The molecular formula is C17H26N6O3. The van der Waals surface area contributed by atoms with Gasteiger partial charge in [0.15, 0.2) is 0 Å². The smallest absolute Gasteiger partial charge is 0.320 e. The SMILES string of the molecule is O=C(O)[C@@H]1CC2(CCN(C(=O)C3CC3)CC2)CN1CCCn1cnnn1. The second-order valence-corrected chi connectivity index (χ2v) is 8.05. The average Bonchev–Trinajstić information content (AvgIpc) is 3.24. The van der Waals surface area contributed by atoms with Gasteiger partial charge in [0.1, 0.15) is 12.4 Å². The summed E-state index contributed by atoms with van der Waals surface area (Å²) in [6.45, 7) is 3.78. The summed E-state index contributed by atoms with van der Waals surface area (Å²) < 4.78 is 1.67. The number of carboxylic acid groups (broad SMARTS) is 1. The number of rotatable bonds is 6. The zero-order chi connectivity index (χ0) is 18.1. The van der Waals surface area contributed by atoms with E-state index in [1.54, 1.807) is 11.0 Å². The number of carbonyl (C=O) groups is 2. The summed E-state index contributed by atoms with van der Waals surface area (Å²) in [4.78, 5) is 28.1. The van der Waals surface area contributed by atoms with E-state index in [1.807, 2.05) is 4.90 Å². The molecule has 1 N–H and O–H groups in total. The van der Waals surface area contributed by atoms with Crippen molar-refractivity contribution in [1.29, 1.82) is 0 Å². The molecule has 1 amide bonds. The molecule has 1 aromatic rings. The van der Waals surface area contributed by atoms with Crippen molar-refractivity contribution in [2.75, 3.05) is 26.2 Å². The van der Waals surface area contributed by atoms with Crippen LogP contribution in [0.3, 0.4) is 0 Å². The number of amides is 1. The highest BCUT2D eigenvalue weighted by Gasteiger charge is 2.48. The van der Waals surface area contributed by atoms with Gasteiger partial charge in [-0.15, -0.1) is 5.10 Å². The number of aromatic nitrogens is 4. The number of piperidine rings is 1. The number of likely N-dealkylation sites (tertiary alicyclic amines) is 2. The lowest BCUT2D eigenvalue weighted by Crippen LogP contribution is -2.44. The van der Waals surface area contributed by atoms with Crippen molar-refractivity contribution in [3.63, 3.8) is 0 Å². The molecule has 2 aliphatic heterocycles. The van der Waals surface area contributed by atoms with E-state index in [-0.39, 0.29) is 11.3 Å². The van der Waals surface area contributed by atoms with Gasteiger partial charge in [-0.2, -0.15) is 0 Å². The van der Waals surface area contributed by atoms with Gasteiger partial charge >= 0.3 is 5.97 Å². The highest BCUT2D eigenvalue weighted by molar-refractivity contribution is 5.81. The first kappa shape index (κ1) is 17.4. The van der Waals surface area contributed by atoms with E-state index in [4.69, 9.17) is 0 Å². The first-order chi connectivity index (χ1) is 12.6. The third kappa shape index (κ3) is 3.58. The first-order valence-corrected chi connectivity index (χ1v) is 9.53. The minimum Gasteiger partial charge on any atom is -0.480 e. The lowest BCUT2D eigenvalue weighted by molar-refractivity contribution is -0.142. The van der Waals surface area contributed by atoms with Gasteiger partial charge in [-0.05, 0) is 54.4 Å². The fraction of sp³-hybridized carbons (Fsp3) is 0.824. The molecule has 26 heavy (non-hydrogen) atoms. The molecule has 3 fully saturated rings. The monoisotopic (exact) mass is 362 g/mol. The lowest BCUT2D eigenvalue weighted by Gasteiger charge is -2.39. The van der Waals surface area contributed by atoms with Gasteiger partial charge in [0.25, 0.3) is 0 Å². The van der Waals surface area contributed by atoms with Crippen LogP contribution in [0.2, 0.25) is 0 Å². The normalized spacial score (nSPS) is 25.7. The number of nitrogens with zero attached hydrogens (tertiary/aromatic N) is 6. The second kappa shape index (κ2) is 6.94. The topological polar surface area (TPSA) is 104 Å². The van der Waals surface area contributed by atoms with Crippen LogP contribution in [0.4, 0.5) is 0 Å². The molecule has 1 aromatic heterocycles. The number of aryl methyl sites for hydroxylation is 1. The van der Waals surface area contributed by atoms with Gasteiger partial charge in [0.05, 0.1) is 0 Å². The minimum atomic E-state index is -0.735. The van der Waals surface area contributed by atoms with Crippen molar-refractivity contribution in [1.82, 2.24) is 30.0 Å². The molecular weight excluding hydrogens is 336 g/mol. The Balaban J connectivity index is 1.33. The van der Waals surface area contributed by atoms with Crippen molar-refractivity contribution < 1.29 is 14.7 Å². The van der Waals surface area contributed by atoms with Crippen LogP contribution < -0.4 is 0 Å². The summed E-state index contributed by atoms with van der Waals surface area (Å²) in [6.07, 6.45) is 6.99. The Morgan fingerprint density at radius 3 is 2.58 bits per heavy atom. The van der Waals surface area contributed by atoms with Gasteiger partial charge in [-0.3, -0.25) is 14.5 Å². The van der Waals surface area contributed by atoms with Crippen LogP contribution in [0.5, 0.6) is 0 Å². The number of hydrogen-bond acceptors (Lipinski definition) is 6. The molecule has 142 valence electrons. The number of aliphatic carboxylic acids is 1. The molecule has 0 aromatic carbocycles. The fourth-order valence-electron chi connectivity index (χ4n) is 4.49. The highest BCUT2D eigenvalue weighted by atomic mass is 16.4. The molecule has 9 heteroatoms. The third-order valence-electron chi connectivity index (χ3n) is 6.18. The second-order valence-electron chi connectivity index (χ2n) is 8.05. The van der Waals surface area contributed by atoms with E-state index in [9.17, 15) is 14.7 Å². The zero-order valence-corrected chi connectivity index (χ0v) is 15.0. The maximum atomic E-state index is 12.3. The van der Waals surface area contributed by atoms with Gasteiger partial charge in [0, 0.05) is 38.6 Å². The molecule has 0 unspecified atom stereocenters. The Bertz CT molecular complexity index is 651. The van der Waals surface area contributed by atoms with Gasteiger partial charge in [0.2, 0.25) is 5.91 Å². The van der Waals surface area contributed by atoms with E-state index in [0.717, 1.165) is 58.3 Å². The van der Waals surface area contributed by atoms with Crippen LogP contribution in [0, 0.1) is 11.3 Å². The number of tetrazole rings is 1. The molecule has 1 saturated carbocycles. The maximum Gasteiger partial charge on any atom is 0.320 e. The van der Waals surface area contributed by atoms with E-state index < -0.39 is 12.0 Å². The van der Waals surface area contributed by atoms with Crippen molar-refractivity contribution in [2.24, 2.45) is 11.3 Å². The molecule has 1 aliphatic carbocycles. The summed E-state index contributed by atoms with van der Waals surface area (Å²) in [6, 6.07) is -0.422. The molecule has 9 nitrogen and oxygen atoms in total. The van der Waals surface area contributed by atoms with E-state index >= 15 is 0 Å². The van der Waals surface area contributed by atoms with Crippen LogP contribution in [0.25, 0.3) is 0 Å². The Hall–Kier alpha value is -2.03. The van der Waals surface area contributed by atoms with Crippen LogP contribution in [0.15, 0.2) is 6.33 Å². The predicted octanol–water partition coefficient (Wildman–Crippen LogP) is 0.241. The molecule has 1 spiro atoms. The molecule has 2 saturated heterocycles. The first-order valence-electron chi connectivity index (χ1n) is 9.53. The van der Waals surface area contributed by atoms with Crippen LogP contribution in [-0.2, 0) is 16.1 Å². The minimum absolute atomic E-state index is 0.0399. The Morgan fingerprint density at radius 1 is 1.19 bits per heavy atom. The molecule has 0 bridgehead atoms. The van der Waals surface area contributed by atoms with E-state index in [1.165, 1.54) is 0 Å². The Kier molecular flexibility index (Phi) is 4.64. The number of carbonyl (C=O) groups excluding carboxylic acids is 1. The van der Waals surface area contributed by atoms with E-state index in [2.05, 4.69) is 20.4 Å². The maximum absolute atomic E-state index is 12.3. The summed E-state index contributed by atoms with van der Waals surface area (Å²) in [7, 11) is 0. The van der Waals surface area contributed by atoms with Crippen molar-refractivity contribution in [2.45, 2.75) is 51.1 Å². The summed E-state index contributed by atoms with van der Waals surface area (Å²) in [5, 5.41) is 20.7. The third-order valence-corrected chi connectivity index (χ3v) is 6.18. The lowest BCUT2D eigenvalue weighted by atomic mass is 9.76. The summed E-state index contributed by atoms with van der Waals surface area (Å²) >= 11 is 0. The van der Waals surface area contributed by atoms with Crippen LogP contribution >= 0.6 is 0 Å². The van der Waals surface area contributed by atoms with E-state index in [0.29, 0.717) is 18.9 Å². The molecule has 0 radical (unpaired) electrons. The van der Waals surface area contributed by atoms with Crippen molar-refractivity contribution in [3.8, 4) is 0 Å². The molecule has 1 atom stereocenters. The number of hydrogen-bond donors (Lipinski definition) is 1. The number of carboxylic acids is 1. The van der Waals surface area contributed by atoms with Crippen molar-refractivity contribution in [3.05, 3.63) is 6.33 Å². The van der Waals surface area contributed by atoms with Crippen LogP contribution in [-0.4, -0.2) is 79.2 Å². The Morgan fingerprint density at radius 2 is 1.96 bits per heavy atom. The summed E-state index contributed by atoms with van der Waals surface area (Å²) in [5.74, 6) is -0.158. The predicted molar refractivity (Wildman–Crippen MR) is 91.0 cm³/mol. The molecule has 4 rings (SSSR count). The van der Waals surface area contributed by atoms with Crippen molar-refractivity contribution >= 4 is 11.9 Å². The van der Waals surface area contributed by atoms with Crippen LogP contribution in [0.1, 0.15) is 38.5 Å². The zero-order valence-electron chi connectivity index (χ0n) is 15.0. The largest absolute Gasteiger partial charge is 0.480 e. The Labute approximate surface area is 152 Å². The van der Waals surface area contributed by atoms with Gasteiger partial charge < -0.3 is 10.0 Å². The quantitative estimate of drug-likeness (QED) is 0.773. The standard InChI is InChI=1S/C17H26N6O3/c24-15(13-2-3-13)21-8-4-17(5-9-21)10-14(16(25)26)22(11-17)6-1-7-23-12-18-19-20-23/h12-14H,1-11H2,(H,25,26)/t14-/m0/s1. The summed E-state index contributed by atoms with van der Waals surface area (Å²) in [5.41, 5.74) is 0.0399.